The van der Waals surface area contributed by atoms with E-state index in [1.54, 1.807) is 11.5 Å². The third-order valence-electron chi connectivity index (χ3n) is 4.92. The number of amides is 1. The van der Waals surface area contributed by atoms with Crippen molar-refractivity contribution in [1.82, 2.24) is 19.4 Å². The molecule has 0 spiro atoms. The third kappa shape index (κ3) is 5.26. The topological polar surface area (TPSA) is 84.5 Å². The number of benzene rings is 1. The van der Waals surface area contributed by atoms with Crippen LogP contribution in [0, 0.1) is 17.0 Å². The Balaban J connectivity index is 1.41. The molecule has 0 bridgehead atoms. The van der Waals surface area contributed by atoms with Crippen molar-refractivity contribution in [3.05, 3.63) is 64.1 Å². The lowest BCUT2D eigenvalue weighted by molar-refractivity contribution is -0.389. The fourth-order valence-electron chi connectivity index (χ4n) is 3.26. The molecule has 148 valence electrons. The van der Waals surface area contributed by atoms with Crippen LogP contribution in [0.2, 0.25) is 0 Å². The van der Waals surface area contributed by atoms with E-state index in [-0.39, 0.29) is 11.7 Å². The van der Waals surface area contributed by atoms with Gasteiger partial charge in [-0.25, -0.2) is 0 Å². The number of hydrogen-bond donors (Lipinski definition) is 0. The number of aromatic nitrogens is 2. The number of aryl methyl sites for hydroxylation is 2. The van der Waals surface area contributed by atoms with Crippen LogP contribution in [0.15, 0.2) is 42.6 Å². The summed E-state index contributed by atoms with van der Waals surface area (Å²) in [5, 5.41) is 10.8. The van der Waals surface area contributed by atoms with Gasteiger partial charge in [-0.3, -0.25) is 9.69 Å². The van der Waals surface area contributed by atoms with Gasteiger partial charge < -0.3 is 19.6 Å². The van der Waals surface area contributed by atoms with Crippen molar-refractivity contribution in [2.45, 2.75) is 19.9 Å². The zero-order valence-electron chi connectivity index (χ0n) is 16.0. The zero-order valence-corrected chi connectivity index (χ0v) is 16.0. The van der Waals surface area contributed by atoms with Gasteiger partial charge in [-0.15, -0.1) is 0 Å². The predicted octanol–water partition coefficient (Wildman–Crippen LogP) is 2.35. The minimum atomic E-state index is -0.517. The Kier molecular flexibility index (Phi) is 6.54. The van der Waals surface area contributed by atoms with E-state index in [0.29, 0.717) is 31.9 Å². The average Bonchev–Trinajstić information content (AvgIpc) is 3.08. The highest BCUT2D eigenvalue weighted by Crippen LogP contribution is 2.12. The number of carbonyl (C=O) groups is 1. The molecule has 8 heteroatoms. The van der Waals surface area contributed by atoms with Crippen molar-refractivity contribution in [3.8, 4) is 0 Å². The van der Waals surface area contributed by atoms with E-state index in [1.165, 1.54) is 11.8 Å². The van der Waals surface area contributed by atoms with Gasteiger partial charge in [0.2, 0.25) is 11.7 Å². The van der Waals surface area contributed by atoms with Crippen LogP contribution < -0.4 is 0 Å². The molecule has 0 radical (unpaired) electrons. The Labute approximate surface area is 164 Å². The van der Waals surface area contributed by atoms with E-state index in [4.69, 9.17) is 0 Å². The SMILES string of the molecule is Cc1nc([N+](=O)[O-])cn1CCC(=O)N1CCN(CC=Cc2ccccc2)CC1. The van der Waals surface area contributed by atoms with Gasteiger partial charge in [-0.05, 0) is 15.5 Å². The first kappa shape index (κ1) is 19.8. The van der Waals surface area contributed by atoms with E-state index in [2.05, 4.69) is 34.2 Å². The minimum absolute atomic E-state index is 0.0789. The molecule has 0 aliphatic carbocycles. The Hall–Kier alpha value is -3.00. The fourth-order valence-corrected chi connectivity index (χ4v) is 3.26. The zero-order chi connectivity index (χ0) is 19.9. The van der Waals surface area contributed by atoms with Gasteiger partial charge in [-0.2, -0.15) is 0 Å². The van der Waals surface area contributed by atoms with Crippen molar-refractivity contribution >= 4 is 17.8 Å². The van der Waals surface area contributed by atoms with Crippen molar-refractivity contribution in [3.63, 3.8) is 0 Å². The standard InChI is InChI=1S/C20H25N5O3/c1-17-21-19(25(27)28)16-24(17)11-9-20(26)23-14-12-22(13-15-23)10-5-8-18-6-3-2-4-7-18/h2-8,16H,9-15H2,1H3. The molecule has 2 heterocycles. The molecule has 8 nitrogen and oxygen atoms in total. The van der Waals surface area contributed by atoms with Crippen LogP contribution in [0.5, 0.6) is 0 Å². The van der Waals surface area contributed by atoms with E-state index in [9.17, 15) is 14.9 Å². The number of piperazine rings is 1. The summed E-state index contributed by atoms with van der Waals surface area (Å²) in [6.07, 6.45) is 5.98. The van der Waals surface area contributed by atoms with Crippen LogP contribution in [-0.4, -0.2) is 62.9 Å². The quantitative estimate of drug-likeness (QED) is 0.541. The van der Waals surface area contributed by atoms with Crippen molar-refractivity contribution < 1.29 is 9.72 Å². The summed E-state index contributed by atoms with van der Waals surface area (Å²) < 4.78 is 1.67. The first-order chi connectivity index (χ1) is 13.5. The number of carbonyl (C=O) groups excluding carboxylic acids is 1. The van der Waals surface area contributed by atoms with Crippen molar-refractivity contribution in [2.75, 3.05) is 32.7 Å². The molecule has 3 rings (SSSR count). The molecule has 28 heavy (non-hydrogen) atoms. The highest BCUT2D eigenvalue weighted by molar-refractivity contribution is 5.76. The van der Waals surface area contributed by atoms with E-state index in [1.807, 2.05) is 23.1 Å². The smallest absolute Gasteiger partial charge is 0.358 e. The number of hydrogen-bond acceptors (Lipinski definition) is 5. The van der Waals surface area contributed by atoms with Crippen LogP contribution >= 0.6 is 0 Å². The first-order valence-corrected chi connectivity index (χ1v) is 9.43. The monoisotopic (exact) mass is 383 g/mol. The second-order valence-electron chi connectivity index (χ2n) is 6.84. The number of rotatable bonds is 7. The second kappa shape index (κ2) is 9.27. The molecule has 1 aliphatic heterocycles. The maximum absolute atomic E-state index is 12.5. The number of imidazole rings is 1. The summed E-state index contributed by atoms with van der Waals surface area (Å²) in [4.78, 5) is 30.8. The molecule has 1 fully saturated rings. The molecular formula is C20H25N5O3. The van der Waals surface area contributed by atoms with Crippen LogP contribution in [0.3, 0.4) is 0 Å². The van der Waals surface area contributed by atoms with Gasteiger partial charge in [0.25, 0.3) is 0 Å². The molecule has 0 saturated carbocycles. The number of nitrogens with zero attached hydrogens (tertiary/aromatic N) is 5. The van der Waals surface area contributed by atoms with E-state index < -0.39 is 4.92 Å². The Bertz CT molecular complexity index is 839. The first-order valence-electron chi connectivity index (χ1n) is 9.43. The predicted molar refractivity (Wildman–Crippen MR) is 107 cm³/mol. The van der Waals surface area contributed by atoms with Crippen LogP contribution in [0.25, 0.3) is 6.08 Å². The van der Waals surface area contributed by atoms with Gasteiger partial charge >= 0.3 is 5.82 Å². The fraction of sp³-hybridized carbons (Fsp3) is 0.400. The van der Waals surface area contributed by atoms with E-state index >= 15 is 0 Å². The lowest BCUT2D eigenvalue weighted by Crippen LogP contribution is -2.48. The second-order valence-corrected chi connectivity index (χ2v) is 6.84. The molecule has 0 N–H and O–H groups in total. The Morgan fingerprint density at radius 1 is 1.21 bits per heavy atom. The molecule has 2 aromatic rings. The molecule has 1 amide bonds. The average molecular weight is 383 g/mol. The molecule has 1 aromatic carbocycles. The molecule has 1 aliphatic rings. The highest BCUT2D eigenvalue weighted by atomic mass is 16.6. The minimum Gasteiger partial charge on any atom is -0.358 e. The summed E-state index contributed by atoms with van der Waals surface area (Å²) in [6, 6.07) is 10.2. The van der Waals surface area contributed by atoms with Gasteiger partial charge in [0, 0.05) is 52.6 Å². The lowest BCUT2D eigenvalue weighted by Gasteiger charge is -2.34. The summed E-state index contributed by atoms with van der Waals surface area (Å²) in [5.74, 6) is 0.451. The Morgan fingerprint density at radius 3 is 2.57 bits per heavy atom. The van der Waals surface area contributed by atoms with Crippen LogP contribution in [-0.2, 0) is 11.3 Å². The molecule has 0 atom stereocenters. The van der Waals surface area contributed by atoms with Crippen LogP contribution in [0.4, 0.5) is 5.82 Å². The van der Waals surface area contributed by atoms with Gasteiger partial charge in [0.15, 0.2) is 0 Å². The van der Waals surface area contributed by atoms with Gasteiger partial charge in [-0.1, -0.05) is 42.5 Å². The van der Waals surface area contributed by atoms with Gasteiger partial charge in [0.1, 0.15) is 6.20 Å². The highest BCUT2D eigenvalue weighted by Gasteiger charge is 2.21. The number of nitro groups is 1. The molecule has 0 unspecified atom stereocenters. The summed E-state index contributed by atoms with van der Waals surface area (Å²) in [5.41, 5.74) is 1.19. The normalized spacial score (nSPS) is 15.2. The third-order valence-corrected chi connectivity index (χ3v) is 4.92. The summed E-state index contributed by atoms with van der Waals surface area (Å²) in [6.45, 7) is 6.10. The van der Waals surface area contributed by atoms with Crippen LogP contribution in [0.1, 0.15) is 17.8 Å². The van der Waals surface area contributed by atoms with Gasteiger partial charge in [0.05, 0.1) is 0 Å². The lowest BCUT2D eigenvalue weighted by atomic mass is 10.2. The van der Waals surface area contributed by atoms with E-state index in [0.717, 1.165) is 19.6 Å². The largest absolute Gasteiger partial charge is 0.381 e. The maximum Gasteiger partial charge on any atom is 0.381 e. The molecule has 1 saturated heterocycles. The van der Waals surface area contributed by atoms with Crippen molar-refractivity contribution in [1.29, 1.82) is 0 Å². The summed E-state index contributed by atoms with van der Waals surface area (Å²) in [7, 11) is 0. The summed E-state index contributed by atoms with van der Waals surface area (Å²) >= 11 is 0. The molecule has 1 aromatic heterocycles. The Morgan fingerprint density at radius 2 is 1.93 bits per heavy atom. The maximum atomic E-state index is 12.5. The van der Waals surface area contributed by atoms with Crippen molar-refractivity contribution in [2.24, 2.45) is 0 Å². The molecular weight excluding hydrogens is 358 g/mol.